The molecular weight excluding hydrogens is 392 g/mol. The Morgan fingerprint density at radius 3 is 2.58 bits per heavy atom. The van der Waals surface area contributed by atoms with Crippen molar-refractivity contribution < 1.29 is 9.53 Å². The first-order valence-electron chi connectivity index (χ1n) is 7.57. The molecule has 2 rings (SSSR count). The molecule has 0 spiro atoms. The predicted octanol–water partition coefficient (Wildman–Crippen LogP) is 4.08. The molecule has 2 N–H and O–H groups in total. The summed E-state index contributed by atoms with van der Waals surface area (Å²) in [4.78, 5) is 12.0. The average Bonchev–Trinajstić information content (AvgIpc) is 2.59. The van der Waals surface area contributed by atoms with Gasteiger partial charge < -0.3 is 15.4 Å². The highest BCUT2D eigenvalue weighted by atomic mass is 79.9. The number of amides is 1. The van der Waals surface area contributed by atoms with Crippen LogP contribution >= 0.6 is 27.5 Å². The highest BCUT2D eigenvalue weighted by Crippen LogP contribution is 2.27. The Hall–Kier alpha value is -1.56. The van der Waals surface area contributed by atoms with Gasteiger partial charge in [0, 0.05) is 17.6 Å². The number of nitrogens with one attached hydrogen (secondary N) is 2. The predicted molar refractivity (Wildman–Crippen MR) is 100 cm³/mol. The summed E-state index contributed by atoms with van der Waals surface area (Å²) in [5.74, 6) is 0.732. The molecule has 6 heteroatoms. The van der Waals surface area contributed by atoms with Gasteiger partial charge >= 0.3 is 0 Å². The van der Waals surface area contributed by atoms with E-state index in [1.165, 1.54) is 0 Å². The normalized spacial score (nSPS) is 11.8. The first-order chi connectivity index (χ1) is 11.5. The minimum Gasteiger partial charge on any atom is -0.496 e. The van der Waals surface area contributed by atoms with Crippen LogP contribution in [-0.4, -0.2) is 19.6 Å². The van der Waals surface area contributed by atoms with Gasteiger partial charge in [-0.15, -0.1) is 0 Å². The summed E-state index contributed by atoms with van der Waals surface area (Å²) in [5, 5.41) is 6.78. The summed E-state index contributed by atoms with van der Waals surface area (Å²) in [6.07, 6.45) is 0. The molecule has 0 saturated carbocycles. The fourth-order valence-corrected chi connectivity index (χ4v) is 2.87. The van der Waals surface area contributed by atoms with E-state index in [0.29, 0.717) is 11.6 Å². The quantitative estimate of drug-likeness (QED) is 0.722. The number of hydrogen-bond donors (Lipinski definition) is 2. The largest absolute Gasteiger partial charge is 0.496 e. The third kappa shape index (κ3) is 5.51. The third-order valence-corrected chi connectivity index (χ3v) is 4.52. The Labute approximate surface area is 155 Å². The molecule has 1 atom stereocenters. The van der Waals surface area contributed by atoms with Gasteiger partial charge in [-0.25, -0.2) is 0 Å². The molecule has 0 radical (unpaired) electrons. The highest BCUT2D eigenvalue weighted by molar-refractivity contribution is 9.10. The summed E-state index contributed by atoms with van der Waals surface area (Å²) in [6, 6.07) is 13.3. The molecule has 0 bridgehead atoms. The van der Waals surface area contributed by atoms with Crippen LogP contribution in [0.5, 0.6) is 5.75 Å². The fourth-order valence-electron chi connectivity index (χ4n) is 2.18. The molecule has 0 aliphatic carbocycles. The Kier molecular flexibility index (Phi) is 7.09. The summed E-state index contributed by atoms with van der Waals surface area (Å²) >= 11 is 9.31. The van der Waals surface area contributed by atoms with E-state index >= 15 is 0 Å². The van der Waals surface area contributed by atoms with Crippen molar-refractivity contribution in [3.05, 3.63) is 63.1 Å². The smallest absolute Gasteiger partial charge is 0.234 e. The minimum atomic E-state index is -0.0515. The van der Waals surface area contributed by atoms with E-state index in [0.717, 1.165) is 21.3 Å². The average molecular weight is 412 g/mol. The lowest BCUT2D eigenvalue weighted by Gasteiger charge is -2.15. The van der Waals surface area contributed by atoms with E-state index in [9.17, 15) is 4.79 Å². The van der Waals surface area contributed by atoms with Gasteiger partial charge in [-0.1, -0.05) is 29.8 Å². The molecule has 0 aromatic heterocycles. The van der Waals surface area contributed by atoms with E-state index < -0.39 is 0 Å². The van der Waals surface area contributed by atoms with Gasteiger partial charge in [0.05, 0.1) is 18.1 Å². The zero-order chi connectivity index (χ0) is 17.5. The van der Waals surface area contributed by atoms with Crippen molar-refractivity contribution in [3.8, 4) is 5.75 Å². The van der Waals surface area contributed by atoms with Crippen LogP contribution in [0, 0.1) is 0 Å². The first-order valence-corrected chi connectivity index (χ1v) is 8.74. The van der Waals surface area contributed by atoms with Gasteiger partial charge in [0.25, 0.3) is 0 Å². The molecule has 4 nitrogen and oxygen atoms in total. The second-order valence-corrected chi connectivity index (χ2v) is 6.69. The minimum absolute atomic E-state index is 0.0495. The summed E-state index contributed by atoms with van der Waals surface area (Å²) in [7, 11) is 1.63. The maximum absolute atomic E-state index is 12.0. The molecule has 2 aromatic carbocycles. The fraction of sp³-hybridized carbons (Fsp3) is 0.278. The lowest BCUT2D eigenvalue weighted by molar-refractivity contribution is -0.120. The number of halogens is 2. The summed E-state index contributed by atoms with van der Waals surface area (Å²) < 4.78 is 6.11. The number of carbonyl (C=O) groups excluding carboxylic acids is 1. The van der Waals surface area contributed by atoms with E-state index in [1.807, 2.05) is 49.4 Å². The molecule has 0 fully saturated rings. The van der Waals surface area contributed by atoms with Gasteiger partial charge in [0.1, 0.15) is 5.75 Å². The molecule has 0 saturated heterocycles. The van der Waals surface area contributed by atoms with Crippen LogP contribution in [0.15, 0.2) is 46.9 Å². The number of rotatable bonds is 7. The van der Waals surface area contributed by atoms with Crippen LogP contribution in [0.1, 0.15) is 24.1 Å². The van der Waals surface area contributed by atoms with Crippen molar-refractivity contribution in [2.75, 3.05) is 13.7 Å². The van der Waals surface area contributed by atoms with Gasteiger partial charge in [-0.05, 0) is 58.2 Å². The van der Waals surface area contributed by atoms with Crippen molar-refractivity contribution in [2.45, 2.75) is 19.5 Å². The lowest BCUT2D eigenvalue weighted by Crippen LogP contribution is -2.34. The molecule has 0 heterocycles. The van der Waals surface area contributed by atoms with Crippen molar-refractivity contribution in [3.63, 3.8) is 0 Å². The molecular formula is C18H20BrClN2O2. The van der Waals surface area contributed by atoms with Crippen LogP contribution in [0.3, 0.4) is 0 Å². The maximum atomic E-state index is 12.0. The van der Waals surface area contributed by atoms with Gasteiger partial charge in [-0.3, -0.25) is 4.79 Å². The molecule has 128 valence electrons. The van der Waals surface area contributed by atoms with Crippen molar-refractivity contribution >= 4 is 33.4 Å². The van der Waals surface area contributed by atoms with Crippen LogP contribution in [-0.2, 0) is 11.3 Å². The third-order valence-electron chi connectivity index (χ3n) is 3.65. The standard InChI is InChI=1S/C18H20BrClN2O2/c1-12(14-5-8-17(24-2)16(19)9-14)21-11-18(23)22-10-13-3-6-15(20)7-4-13/h3-9,12,21H,10-11H2,1-2H3,(H,22,23). The maximum Gasteiger partial charge on any atom is 0.234 e. The zero-order valence-electron chi connectivity index (χ0n) is 13.6. The molecule has 0 aliphatic heterocycles. The van der Waals surface area contributed by atoms with Crippen LogP contribution in [0.4, 0.5) is 0 Å². The Bertz CT molecular complexity index is 692. The Morgan fingerprint density at radius 1 is 1.25 bits per heavy atom. The molecule has 2 aromatic rings. The SMILES string of the molecule is COc1ccc(C(C)NCC(=O)NCc2ccc(Cl)cc2)cc1Br. The van der Waals surface area contributed by atoms with E-state index in [2.05, 4.69) is 26.6 Å². The Balaban J connectivity index is 1.80. The zero-order valence-corrected chi connectivity index (χ0v) is 15.9. The molecule has 1 amide bonds. The van der Waals surface area contributed by atoms with Gasteiger partial charge in [-0.2, -0.15) is 0 Å². The number of benzene rings is 2. The van der Waals surface area contributed by atoms with E-state index in [4.69, 9.17) is 16.3 Å². The molecule has 24 heavy (non-hydrogen) atoms. The van der Waals surface area contributed by atoms with Crippen molar-refractivity contribution in [1.82, 2.24) is 10.6 Å². The van der Waals surface area contributed by atoms with Crippen LogP contribution < -0.4 is 15.4 Å². The highest BCUT2D eigenvalue weighted by Gasteiger charge is 2.10. The van der Waals surface area contributed by atoms with E-state index in [-0.39, 0.29) is 18.5 Å². The van der Waals surface area contributed by atoms with E-state index in [1.54, 1.807) is 7.11 Å². The van der Waals surface area contributed by atoms with Gasteiger partial charge in [0.15, 0.2) is 0 Å². The lowest BCUT2D eigenvalue weighted by atomic mass is 10.1. The molecule has 1 unspecified atom stereocenters. The second-order valence-electron chi connectivity index (χ2n) is 5.40. The first kappa shape index (κ1) is 18.8. The van der Waals surface area contributed by atoms with Gasteiger partial charge in [0.2, 0.25) is 5.91 Å². The number of methoxy groups -OCH3 is 1. The Morgan fingerprint density at radius 2 is 1.96 bits per heavy atom. The number of ether oxygens (including phenoxy) is 1. The summed E-state index contributed by atoms with van der Waals surface area (Å²) in [5.41, 5.74) is 2.09. The number of hydrogen-bond acceptors (Lipinski definition) is 3. The van der Waals surface area contributed by atoms with Crippen LogP contribution in [0.25, 0.3) is 0 Å². The number of carbonyl (C=O) groups is 1. The van der Waals surface area contributed by atoms with Crippen molar-refractivity contribution in [1.29, 1.82) is 0 Å². The second kappa shape index (κ2) is 9.06. The van der Waals surface area contributed by atoms with Crippen molar-refractivity contribution in [2.24, 2.45) is 0 Å². The summed E-state index contributed by atoms with van der Waals surface area (Å²) in [6.45, 7) is 2.75. The monoisotopic (exact) mass is 410 g/mol. The topological polar surface area (TPSA) is 50.4 Å². The molecule has 0 aliphatic rings. The van der Waals surface area contributed by atoms with Crippen LogP contribution in [0.2, 0.25) is 5.02 Å².